The van der Waals surface area contributed by atoms with Crippen LogP contribution in [0.2, 0.25) is 0 Å². The number of anilines is 1. The fraction of sp³-hybridized carbons (Fsp3) is 0.600. The number of para-hydroxylation sites is 1. The fourth-order valence-electron chi connectivity index (χ4n) is 3.58. The maximum Gasteiger partial charge on any atom is 0.242 e. The molecule has 1 N–H and O–H groups in total. The second-order valence-corrected chi connectivity index (χ2v) is 8.43. The number of rotatable bonds is 5. The van der Waals surface area contributed by atoms with Gasteiger partial charge in [0.1, 0.15) is 6.54 Å². The lowest BCUT2D eigenvalue weighted by atomic mass is 10.0. The minimum atomic E-state index is -0.182. The molecule has 1 unspecified atom stereocenters. The van der Waals surface area contributed by atoms with Gasteiger partial charge in [0.15, 0.2) is 5.50 Å². The minimum Gasteiger partial charge on any atom is -0.356 e. The second kappa shape index (κ2) is 8.80. The van der Waals surface area contributed by atoms with Crippen LogP contribution in [-0.4, -0.2) is 52.5 Å². The number of thioether (sulfide) groups is 1. The van der Waals surface area contributed by atoms with Gasteiger partial charge in [0.05, 0.1) is 5.75 Å². The third-order valence-corrected chi connectivity index (χ3v) is 6.20. The van der Waals surface area contributed by atoms with Crippen LogP contribution in [0.1, 0.15) is 51.0 Å². The number of hydrogen-bond donors (Lipinski definition) is 1. The molecular formula is C20H29N3O2S. The first kappa shape index (κ1) is 19.1. The Morgan fingerprint density at radius 3 is 2.58 bits per heavy atom. The Labute approximate surface area is 160 Å². The number of amides is 2. The van der Waals surface area contributed by atoms with Gasteiger partial charge in [0.2, 0.25) is 11.8 Å². The highest BCUT2D eigenvalue weighted by Gasteiger charge is 2.34. The number of carbonyl (C=O) groups excluding carboxylic acids is 2. The number of benzene rings is 1. The van der Waals surface area contributed by atoms with E-state index in [4.69, 9.17) is 0 Å². The number of nitrogens with zero attached hydrogens (tertiary/aromatic N) is 2. The second-order valence-electron chi connectivity index (χ2n) is 7.37. The van der Waals surface area contributed by atoms with Crippen LogP contribution in [0.15, 0.2) is 24.3 Å². The predicted molar refractivity (Wildman–Crippen MR) is 107 cm³/mol. The molecule has 0 spiro atoms. The van der Waals surface area contributed by atoms with Crippen molar-refractivity contribution in [2.45, 2.75) is 50.9 Å². The summed E-state index contributed by atoms with van der Waals surface area (Å²) in [6.07, 6.45) is 4.52. The monoisotopic (exact) mass is 375 g/mol. The van der Waals surface area contributed by atoms with Crippen molar-refractivity contribution < 1.29 is 9.59 Å². The van der Waals surface area contributed by atoms with E-state index < -0.39 is 0 Å². The minimum absolute atomic E-state index is 0.0395. The molecule has 6 heteroatoms. The normalized spacial score (nSPS) is 21.2. The van der Waals surface area contributed by atoms with Crippen molar-refractivity contribution in [1.82, 2.24) is 9.80 Å². The number of likely N-dealkylation sites (tertiary alicyclic amines) is 1. The molecule has 2 heterocycles. The van der Waals surface area contributed by atoms with E-state index in [0.717, 1.165) is 31.6 Å². The van der Waals surface area contributed by atoms with Crippen LogP contribution in [0.4, 0.5) is 5.69 Å². The van der Waals surface area contributed by atoms with Crippen molar-refractivity contribution in [3.05, 3.63) is 29.8 Å². The topological polar surface area (TPSA) is 52.7 Å². The molecule has 0 bridgehead atoms. The number of hydrogen-bond acceptors (Lipinski definition) is 4. The summed E-state index contributed by atoms with van der Waals surface area (Å²) in [6, 6.07) is 8.20. The summed E-state index contributed by atoms with van der Waals surface area (Å²) < 4.78 is 0. The lowest BCUT2D eigenvalue weighted by Crippen LogP contribution is -2.46. The Kier molecular flexibility index (Phi) is 6.46. The first-order valence-corrected chi connectivity index (χ1v) is 10.7. The summed E-state index contributed by atoms with van der Waals surface area (Å²) in [5.41, 5.74) is 2.09. The van der Waals surface area contributed by atoms with Crippen LogP contribution in [-0.2, 0) is 9.59 Å². The molecular weight excluding hydrogens is 346 g/mol. The summed E-state index contributed by atoms with van der Waals surface area (Å²) in [4.78, 5) is 28.7. The first-order chi connectivity index (χ1) is 12.6. The Balaban J connectivity index is 1.68. The SMILES string of the molecule is CC(C)c1ccccc1NC1SCC(=O)N1CC(=O)N1CCCCCC1. The summed E-state index contributed by atoms with van der Waals surface area (Å²) in [6.45, 7) is 6.14. The highest BCUT2D eigenvalue weighted by atomic mass is 32.2. The van der Waals surface area contributed by atoms with Crippen LogP contribution in [0.5, 0.6) is 0 Å². The van der Waals surface area contributed by atoms with E-state index in [1.165, 1.54) is 18.4 Å². The van der Waals surface area contributed by atoms with Crippen molar-refractivity contribution in [3.8, 4) is 0 Å². The van der Waals surface area contributed by atoms with E-state index in [9.17, 15) is 9.59 Å². The Morgan fingerprint density at radius 1 is 1.19 bits per heavy atom. The van der Waals surface area contributed by atoms with Crippen molar-refractivity contribution in [2.75, 3.05) is 30.7 Å². The van der Waals surface area contributed by atoms with E-state index in [1.54, 1.807) is 16.7 Å². The standard InChI is InChI=1S/C20H29N3O2S/c1-15(2)16-9-5-6-10-17(16)21-20-23(19(25)14-26-20)13-18(24)22-11-7-3-4-8-12-22/h5-6,9-10,15,20-21H,3-4,7-8,11-14H2,1-2H3. The van der Waals surface area contributed by atoms with Crippen molar-refractivity contribution >= 4 is 29.3 Å². The van der Waals surface area contributed by atoms with Crippen molar-refractivity contribution in [3.63, 3.8) is 0 Å². The lowest BCUT2D eigenvalue weighted by Gasteiger charge is -2.29. The molecule has 0 saturated carbocycles. The van der Waals surface area contributed by atoms with Crippen LogP contribution < -0.4 is 5.32 Å². The average molecular weight is 376 g/mol. The van der Waals surface area contributed by atoms with Crippen LogP contribution in [0.25, 0.3) is 0 Å². The van der Waals surface area contributed by atoms with E-state index in [2.05, 4.69) is 25.2 Å². The largest absolute Gasteiger partial charge is 0.356 e. The Bertz CT molecular complexity index is 642. The molecule has 1 aromatic carbocycles. The molecule has 2 saturated heterocycles. The molecule has 3 rings (SSSR count). The highest BCUT2D eigenvalue weighted by Crippen LogP contribution is 2.30. The van der Waals surface area contributed by atoms with Crippen molar-refractivity contribution in [1.29, 1.82) is 0 Å². The summed E-state index contributed by atoms with van der Waals surface area (Å²) in [5, 5.41) is 3.49. The van der Waals surface area contributed by atoms with Gasteiger partial charge in [-0.05, 0) is 30.4 Å². The van der Waals surface area contributed by atoms with E-state index in [0.29, 0.717) is 11.7 Å². The Hall–Kier alpha value is -1.69. The van der Waals surface area contributed by atoms with Gasteiger partial charge in [-0.15, -0.1) is 11.8 Å². The van der Waals surface area contributed by atoms with Gasteiger partial charge < -0.3 is 15.1 Å². The maximum absolute atomic E-state index is 12.7. The molecule has 0 aromatic heterocycles. The summed E-state index contributed by atoms with van der Waals surface area (Å²) in [5.74, 6) is 0.937. The van der Waals surface area contributed by atoms with Gasteiger partial charge in [-0.25, -0.2) is 0 Å². The van der Waals surface area contributed by atoms with E-state index >= 15 is 0 Å². The molecule has 26 heavy (non-hydrogen) atoms. The van der Waals surface area contributed by atoms with Crippen LogP contribution >= 0.6 is 11.8 Å². The summed E-state index contributed by atoms with van der Waals surface area (Å²) >= 11 is 1.56. The zero-order valence-electron chi connectivity index (χ0n) is 15.7. The van der Waals surface area contributed by atoms with Crippen LogP contribution in [0.3, 0.4) is 0 Å². The molecule has 0 aliphatic carbocycles. The molecule has 1 atom stereocenters. The number of nitrogens with one attached hydrogen (secondary N) is 1. The first-order valence-electron chi connectivity index (χ1n) is 9.60. The van der Waals surface area contributed by atoms with Gasteiger partial charge in [-0.1, -0.05) is 44.9 Å². The third kappa shape index (κ3) is 4.53. The smallest absolute Gasteiger partial charge is 0.242 e. The molecule has 0 radical (unpaired) electrons. The van der Waals surface area contributed by atoms with Crippen molar-refractivity contribution in [2.24, 2.45) is 0 Å². The molecule has 1 aromatic rings. The predicted octanol–water partition coefficient (Wildman–Crippen LogP) is 3.48. The molecule has 2 aliphatic rings. The van der Waals surface area contributed by atoms with Gasteiger partial charge in [0, 0.05) is 18.8 Å². The number of carbonyl (C=O) groups is 2. The zero-order chi connectivity index (χ0) is 18.5. The Morgan fingerprint density at radius 2 is 1.88 bits per heavy atom. The van der Waals surface area contributed by atoms with Crippen LogP contribution in [0, 0.1) is 0 Å². The van der Waals surface area contributed by atoms with Gasteiger partial charge in [-0.3, -0.25) is 9.59 Å². The lowest BCUT2D eigenvalue weighted by molar-refractivity contribution is -0.138. The molecule has 2 aliphatic heterocycles. The molecule has 2 amide bonds. The zero-order valence-corrected chi connectivity index (χ0v) is 16.6. The molecule has 5 nitrogen and oxygen atoms in total. The average Bonchev–Trinajstić information content (AvgIpc) is 2.83. The quantitative estimate of drug-likeness (QED) is 0.856. The van der Waals surface area contributed by atoms with Gasteiger partial charge >= 0.3 is 0 Å². The highest BCUT2D eigenvalue weighted by molar-refractivity contribution is 8.01. The fourth-order valence-corrected chi connectivity index (χ4v) is 4.62. The third-order valence-electron chi connectivity index (χ3n) is 5.09. The van der Waals surface area contributed by atoms with E-state index in [1.807, 2.05) is 23.1 Å². The molecule has 142 valence electrons. The summed E-state index contributed by atoms with van der Waals surface area (Å²) in [7, 11) is 0. The van der Waals surface area contributed by atoms with E-state index in [-0.39, 0.29) is 23.9 Å². The maximum atomic E-state index is 12.7. The van der Waals surface area contributed by atoms with Gasteiger partial charge in [-0.2, -0.15) is 0 Å². The van der Waals surface area contributed by atoms with Gasteiger partial charge in [0.25, 0.3) is 0 Å². The molecule has 2 fully saturated rings.